The van der Waals surface area contributed by atoms with Crippen LogP contribution in [-0.2, 0) is 0 Å². The van der Waals surface area contributed by atoms with Crippen molar-refractivity contribution < 1.29 is 14.3 Å². The number of hydrogen-bond acceptors (Lipinski definition) is 4. The second kappa shape index (κ2) is 6.79. The summed E-state index contributed by atoms with van der Waals surface area (Å²) in [6.07, 6.45) is 0. The lowest BCUT2D eigenvalue weighted by atomic mass is 10.0. The normalized spacial score (nSPS) is 10.2. The predicted octanol–water partition coefficient (Wildman–Crippen LogP) is 3.30. The molecular weight excluding hydrogens is 266 g/mol. The van der Waals surface area contributed by atoms with E-state index in [2.05, 4.69) is 0 Å². The van der Waals surface area contributed by atoms with Gasteiger partial charge in [0, 0.05) is 5.56 Å². The van der Waals surface area contributed by atoms with E-state index in [0.29, 0.717) is 35.8 Å². The van der Waals surface area contributed by atoms with Crippen molar-refractivity contribution in [3.8, 4) is 11.5 Å². The zero-order valence-corrected chi connectivity index (χ0v) is 12.3. The summed E-state index contributed by atoms with van der Waals surface area (Å²) in [6.45, 7) is 4.83. The first-order chi connectivity index (χ1) is 10.2. The summed E-state index contributed by atoms with van der Waals surface area (Å²) in [4.78, 5) is 12.6. The van der Waals surface area contributed by atoms with Gasteiger partial charge in [-0.1, -0.05) is 6.07 Å². The highest BCUT2D eigenvalue weighted by Crippen LogP contribution is 2.28. The number of para-hydroxylation sites is 1. The summed E-state index contributed by atoms with van der Waals surface area (Å²) < 4.78 is 10.9. The monoisotopic (exact) mass is 285 g/mol. The third-order valence-corrected chi connectivity index (χ3v) is 3.01. The van der Waals surface area contributed by atoms with Crippen molar-refractivity contribution in [2.75, 3.05) is 18.9 Å². The zero-order valence-electron chi connectivity index (χ0n) is 12.3. The van der Waals surface area contributed by atoms with Crippen molar-refractivity contribution in [1.29, 1.82) is 0 Å². The molecule has 0 radical (unpaired) electrons. The third kappa shape index (κ3) is 3.34. The Kier molecular flexibility index (Phi) is 4.82. The molecule has 0 atom stereocenters. The van der Waals surface area contributed by atoms with Crippen molar-refractivity contribution in [1.82, 2.24) is 0 Å². The lowest BCUT2D eigenvalue weighted by Gasteiger charge is -2.12. The van der Waals surface area contributed by atoms with Gasteiger partial charge in [0.05, 0.1) is 24.5 Å². The summed E-state index contributed by atoms with van der Waals surface area (Å²) in [6, 6.07) is 12.2. The number of hydrogen-bond donors (Lipinski definition) is 1. The minimum atomic E-state index is -0.117. The van der Waals surface area contributed by atoms with Crippen LogP contribution in [0.2, 0.25) is 0 Å². The van der Waals surface area contributed by atoms with Gasteiger partial charge in [-0.15, -0.1) is 0 Å². The molecule has 110 valence electrons. The average molecular weight is 285 g/mol. The average Bonchev–Trinajstić information content (AvgIpc) is 2.50. The highest BCUT2D eigenvalue weighted by Gasteiger charge is 2.16. The van der Waals surface area contributed by atoms with Gasteiger partial charge in [-0.05, 0) is 50.2 Å². The van der Waals surface area contributed by atoms with Crippen molar-refractivity contribution in [3.05, 3.63) is 53.6 Å². The van der Waals surface area contributed by atoms with Crippen LogP contribution in [0.1, 0.15) is 29.8 Å². The molecule has 0 heterocycles. The number of anilines is 1. The van der Waals surface area contributed by atoms with Gasteiger partial charge in [0.15, 0.2) is 11.5 Å². The Balaban J connectivity index is 2.33. The Morgan fingerprint density at radius 3 is 2.29 bits per heavy atom. The molecule has 0 aromatic heterocycles. The van der Waals surface area contributed by atoms with E-state index in [1.54, 1.807) is 42.5 Å². The van der Waals surface area contributed by atoms with E-state index in [4.69, 9.17) is 15.2 Å². The molecule has 2 N–H and O–H groups in total. The Hall–Kier alpha value is -2.49. The van der Waals surface area contributed by atoms with E-state index in [-0.39, 0.29) is 5.78 Å². The number of benzene rings is 2. The van der Waals surface area contributed by atoms with Gasteiger partial charge in [0.1, 0.15) is 5.75 Å². The highest BCUT2D eigenvalue weighted by atomic mass is 16.5. The SMILES string of the molecule is CCOc1ccc(C(=O)c2cccc(N)c2OCC)cc1. The zero-order chi connectivity index (χ0) is 15.2. The fourth-order valence-electron chi connectivity index (χ4n) is 2.06. The molecule has 2 rings (SSSR count). The maximum Gasteiger partial charge on any atom is 0.196 e. The van der Waals surface area contributed by atoms with Crippen molar-refractivity contribution >= 4 is 11.5 Å². The Morgan fingerprint density at radius 1 is 1.00 bits per heavy atom. The topological polar surface area (TPSA) is 61.5 Å². The lowest BCUT2D eigenvalue weighted by Crippen LogP contribution is -2.07. The second-order valence-corrected chi connectivity index (χ2v) is 4.44. The number of nitrogen functional groups attached to an aromatic ring is 1. The molecule has 4 nitrogen and oxygen atoms in total. The van der Waals surface area contributed by atoms with Gasteiger partial charge in [0.25, 0.3) is 0 Å². The van der Waals surface area contributed by atoms with Crippen LogP contribution < -0.4 is 15.2 Å². The molecule has 2 aromatic rings. The first-order valence-electron chi connectivity index (χ1n) is 6.96. The van der Waals surface area contributed by atoms with Gasteiger partial charge in [-0.2, -0.15) is 0 Å². The van der Waals surface area contributed by atoms with E-state index in [0.717, 1.165) is 5.75 Å². The highest BCUT2D eigenvalue weighted by molar-refractivity contribution is 6.11. The van der Waals surface area contributed by atoms with Gasteiger partial charge in [0.2, 0.25) is 0 Å². The minimum Gasteiger partial charge on any atom is -0.494 e. The van der Waals surface area contributed by atoms with Crippen LogP contribution in [0.25, 0.3) is 0 Å². The number of rotatable bonds is 6. The molecule has 0 aliphatic heterocycles. The van der Waals surface area contributed by atoms with E-state index in [1.165, 1.54) is 0 Å². The van der Waals surface area contributed by atoms with E-state index in [1.807, 2.05) is 13.8 Å². The molecular formula is C17H19NO3. The van der Waals surface area contributed by atoms with Gasteiger partial charge < -0.3 is 15.2 Å². The molecule has 0 saturated carbocycles. The van der Waals surface area contributed by atoms with Crippen LogP contribution in [0.3, 0.4) is 0 Å². The largest absolute Gasteiger partial charge is 0.494 e. The summed E-state index contributed by atoms with van der Waals surface area (Å²) in [5.74, 6) is 1.07. The smallest absolute Gasteiger partial charge is 0.196 e. The summed E-state index contributed by atoms with van der Waals surface area (Å²) in [5, 5.41) is 0. The number of carbonyl (C=O) groups excluding carboxylic acids is 1. The fourth-order valence-corrected chi connectivity index (χ4v) is 2.06. The van der Waals surface area contributed by atoms with E-state index in [9.17, 15) is 4.79 Å². The van der Waals surface area contributed by atoms with Crippen LogP contribution in [0.4, 0.5) is 5.69 Å². The first-order valence-corrected chi connectivity index (χ1v) is 6.96. The Labute approximate surface area is 124 Å². The maximum atomic E-state index is 12.6. The maximum absolute atomic E-state index is 12.6. The van der Waals surface area contributed by atoms with Crippen LogP contribution in [0, 0.1) is 0 Å². The molecule has 0 spiro atoms. The minimum absolute atomic E-state index is 0.117. The van der Waals surface area contributed by atoms with Crippen molar-refractivity contribution in [2.45, 2.75) is 13.8 Å². The fraction of sp³-hybridized carbons (Fsp3) is 0.235. The molecule has 0 amide bonds. The van der Waals surface area contributed by atoms with Crippen molar-refractivity contribution in [3.63, 3.8) is 0 Å². The molecule has 4 heteroatoms. The van der Waals surface area contributed by atoms with E-state index < -0.39 is 0 Å². The lowest BCUT2D eigenvalue weighted by molar-refractivity contribution is 0.103. The van der Waals surface area contributed by atoms with Crippen LogP contribution in [0.5, 0.6) is 11.5 Å². The molecule has 0 unspecified atom stereocenters. The van der Waals surface area contributed by atoms with Gasteiger partial charge >= 0.3 is 0 Å². The van der Waals surface area contributed by atoms with Crippen LogP contribution >= 0.6 is 0 Å². The molecule has 0 saturated heterocycles. The Bertz CT molecular complexity index is 620. The van der Waals surface area contributed by atoms with Gasteiger partial charge in [-0.25, -0.2) is 0 Å². The second-order valence-electron chi connectivity index (χ2n) is 4.44. The summed E-state index contributed by atoms with van der Waals surface area (Å²) in [5.41, 5.74) is 7.40. The van der Waals surface area contributed by atoms with Crippen LogP contribution in [0.15, 0.2) is 42.5 Å². The number of ether oxygens (including phenoxy) is 2. The molecule has 0 aliphatic rings. The Morgan fingerprint density at radius 2 is 1.67 bits per heavy atom. The van der Waals surface area contributed by atoms with E-state index >= 15 is 0 Å². The standard InChI is InChI=1S/C17H19NO3/c1-3-20-13-10-8-12(9-11-13)16(19)14-6-5-7-15(18)17(14)21-4-2/h5-11H,3-4,18H2,1-2H3. The van der Waals surface area contributed by atoms with Gasteiger partial charge in [-0.3, -0.25) is 4.79 Å². The third-order valence-electron chi connectivity index (χ3n) is 3.01. The quantitative estimate of drug-likeness (QED) is 0.653. The molecule has 21 heavy (non-hydrogen) atoms. The number of carbonyl (C=O) groups is 1. The molecule has 0 bridgehead atoms. The molecule has 0 aliphatic carbocycles. The number of nitrogens with two attached hydrogens (primary N) is 1. The van der Waals surface area contributed by atoms with Crippen molar-refractivity contribution in [2.24, 2.45) is 0 Å². The number of ketones is 1. The summed E-state index contributed by atoms with van der Waals surface area (Å²) >= 11 is 0. The molecule has 0 fully saturated rings. The predicted molar refractivity (Wildman–Crippen MR) is 83.1 cm³/mol. The van der Waals surface area contributed by atoms with Crippen LogP contribution in [-0.4, -0.2) is 19.0 Å². The molecule has 2 aromatic carbocycles. The first kappa shape index (κ1) is 14.9. The summed E-state index contributed by atoms with van der Waals surface area (Å²) in [7, 11) is 0.